The summed E-state index contributed by atoms with van der Waals surface area (Å²) < 4.78 is 11.2. The second-order valence-corrected chi connectivity index (χ2v) is 10.7. The van der Waals surface area contributed by atoms with Crippen LogP contribution >= 0.6 is 0 Å². The van der Waals surface area contributed by atoms with E-state index in [-0.39, 0.29) is 42.1 Å². The highest BCUT2D eigenvalue weighted by Gasteiger charge is 2.63. The molecule has 0 aromatic rings. The van der Waals surface area contributed by atoms with Gasteiger partial charge in [0.05, 0.1) is 17.4 Å². The molecule has 0 radical (unpaired) electrons. The first-order valence-electron chi connectivity index (χ1n) is 10.8. The third-order valence-electron chi connectivity index (χ3n) is 8.42. The van der Waals surface area contributed by atoms with Crippen LogP contribution in [0.2, 0.25) is 0 Å². The van der Waals surface area contributed by atoms with Crippen molar-refractivity contribution < 1.29 is 24.2 Å². The predicted molar refractivity (Wildman–Crippen MR) is 109 cm³/mol. The highest BCUT2D eigenvalue weighted by Crippen LogP contribution is 2.66. The molecule has 5 nitrogen and oxygen atoms in total. The van der Waals surface area contributed by atoms with Crippen LogP contribution in [0.1, 0.15) is 87.0 Å². The molecule has 0 aromatic heterocycles. The van der Waals surface area contributed by atoms with E-state index < -0.39 is 10.8 Å². The monoisotopic (exact) mass is 396 g/mol. The van der Waals surface area contributed by atoms with Gasteiger partial charge < -0.3 is 14.6 Å². The quantitative estimate of drug-likeness (QED) is 0.581. The number of aliphatic hydroxyl groups excluding tert-OH is 1. The smallest absolute Gasteiger partial charge is 0.311 e. The fourth-order valence-electron chi connectivity index (χ4n) is 5.02. The molecule has 28 heavy (non-hydrogen) atoms. The maximum Gasteiger partial charge on any atom is 0.311 e. The highest BCUT2D eigenvalue weighted by atomic mass is 16.5. The Balaban J connectivity index is 1.99. The van der Waals surface area contributed by atoms with Crippen molar-refractivity contribution >= 4 is 11.9 Å². The molecule has 2 unspecified atom stereocenters. The van der Waals surface area contributed by atoms with E-state index in [1.807, 2.05) is 27.7 Å². The Kier molecular flexibility index (Phi) is 6.59. The zero-order chi connectivity index (χ0) is 21.4. The summed E-state index contributed by atoms with van der Waals surface area (Å²) in [5, 5.41) is 8.89. The molecule has 0 spiro atoms. The second-order valence-electron chi connectivity index (χ2n) is 10.7. The number of esters is 2. The van der Waals surface area contributed by atoms with Gasteiger partial charge >= 0.3 is 11.9 Å². The highest BCUT2D eigenvalue weighted by molar-refractivity contribution is 5.78. The molecular formula is C23H40O5. The molecule has 162 valence electrons. The Hall–Kier alpha value is -1.10. The van der Waals surface area contributed by atoms with Crippen LogP contribution in [-0.2, 0) is 19.1 Å². The van der Waals surface area contributed by atoms with Gasteiger partial charge in [-0.2, -0.15) is 0 Å². The van der Waals surface area contributed by atoms with Crippen molar-refractivity contribution in [2.24, 2.45) is 27.6 Å². The van der Waals surface area contributed by atoms with Crippen molar-refractivity contribution in [1.82, 2.24) is 0 Å². The van der Waals surface area contributed by atoms with Crippen molar-refractivity contribution in [2.45, 2.75) is 93.1 Å². The minimum absolute atomic E-state index is 0.0110. The zero-order valence-electron chi connectivity index (χ0n) is 18.9. The van der Waals surface area contributed by atoms with Crippen LogP contribution in [0.3, 0.4) is 0 Å². The Morgan fingerprint density at radius 1 is 1.11 bits per heavy atom. The predicted octanol–water partition coefficient (Wildman–Crippen LogP) is 4.50. The van der Waals surface area contributed by atoms with Crippen LogP contribution < -0.4 is 0 Å². The van der Waals surface area contributed by atoms with Gasteiger partial charge in [-0.15, -0.1) is 0 Å². The lowest BCUT2D eigenvalue weighted by Gasteiger charge is -2.39. The summed E-state index contributed by atoms with van der Waals surface area (Å²) in [7, 11) is 0. The number of hydrogen-bond donors (Lipinski definition) is 1. The number of ether oxygens (including phenoxy) is 2. The molecule has 2 aliphatic carbocycles. The van der Waals surface area contributed by atoms with Crippen LogP contribution in [0.25, 0.3) is 0 Å². The van der Waals surface area contributed by atoms with E-state index in [1.165, 1.54) is 6.42 Å². The average Bonchev–Trinajstić information content (AvgIpc) is 2.97. The number of hydrogen-bond acceptors (Lipinski definition) is 5. The third-order valence-corrected chi connectivity index (χ3v) is 8.42. The lowest BCUT2D eigenvalue weighted by molar-refractivity contribution is -0.169. The minimum atomic E-state index is -0.660. The number of carbonyl (C=O) groups is 2. The van der Waals surface area contributed by atoms with E-state index in [4.69, 9.17) is 14.6 Å². The Labute approximate surface area is 170 Å². The maximum atomic E-state index is 13.0. The van der Waals surface area contributed by atoms with Gasteiger partial charge in [0.15, 0.2) is 0 Å². The standard InChI is InChI=1S/C23H40O5/c1-8-22(6,19(26)27-14-13-24)12-11-20(2,3)18(25)28-17-15-16-9-10-23(17,7)21(16,4)5/h16-17,24H,8-15H2,1-7H3/t16-,17-,22?,23?/m0/s1. The molecule has 2 saturated carbocycles. The van der Waals surface area contributed by atoms with Gasteiger partial charge in [-0.1, -0.05) is 27.7 Å². The first-order valence-corrected chi connectivity index (χ1v) is 10.8. The average molecular weight is 397 g/mol. The van der Waals surface area contributed by atoms with E-state index in [1.54, 1.807) is 0 Å². The molecule has 0 aliphatic heterocycles. The van der Waals surface area contributed by atoms with E-state index in [9.17, 15) is 9.59 Å². The second kappa shape index (κ2) is 7.97. The number of carbonyl (C=O) groups excluding carboxylic acids is 2. The first kappa shape index (κ1) is 23.2. The first-order chi connectivity index (χ1) is 12.8. The van der Waals surface area contributed by atoms with Gasteiger partial charge in [-0.3, -0.25) is 9.59 Å². The molecular weight excluding hydrogens is 356 g/mol. The summed E-state index contributed by atoms with van der Waals surface area (Å²) in [6, 6.07) is 0. The SMILES string of the molecule is CCC(C)(CCC(C)(C)C(=O)O[C@H]1C[C@@H]2CCC1(C)C2(C)C)C(=O)OCCO. The van der Waals surface area contributed by atoms with Crippen molar-refractivity contribution in [3.63, 3.8) is 0 Å². The van der Waals surface area contributed by atoms with E-state index in [2.05, 4.69) is 20.8 Å². The fourth-order valence-corrected chi connectivity index (χ4v) is 5.02. The van der Waals surface area contributed by atoms with Crippen molar-refractivity contribution in [2.75, 3.05) is 13.2 Å². The van der Waals surface area contributed by atoms with Gasteiger partial charge in [0.1, 0.15) is 12.7 Å². The minimum Gasteiger partial charge on any atom is -0.463 e. The number of fused-ring (bicyclic) bond motifs is 2. The molecule has 2 fully saturated rings. The fraction of sp³-hybridized carbons (Fsp3) is 0.913. The summed E-state index contributed by atoms with van der Waals surface area (Å²) >= 11 is 0. The molecule has 0 heterocycles. The molecule has 0 saturated heterocycles. The zero-order valence-corrected chi connectivity index (χ0v) is 18.9. The van der Waals surface area contributed by atoms with Gasteiger partial charge in [0.25, 0.3) is 0 Å². The van der Waals surface area contributed by atoms with Crippen molar-refractivity contribution in [1.29, 1.82) is 0 Å². The number of rotatable bonds is 9. The number of aliphatic hydroxyl groups is 1. The summed E-state index contributed by atoms with van der Waals surface area (Å²) in [6.07, 6.45) is 5.02. The molecule has 2 aliphatic rings. The normalized spacial score (nSPS) is 30.7. The molecule has 2 rings (SSSR count). The Morgan fingerprint density at radius 2 is 1.75 bits per heavy atom. The third kappa shape index (κ3) is 3.96. The maximum absolute atomic E-state index is 13.0. The van der Waals surface area contributed by atoms with Crippen LogP contribution in [0.15, 0.2) is 0 Å². The molecule has 0 amide bonds. The van der Waals surface area contributed by atoms with Gasteiger partial charge in [0.2, 0.25) is 0 Å². The summed E-state index contributed by atoms with van der Waals surface area (Å²) in [4.78, 5) is 25.4. The van der Waals surface area contributed by atoms with E-state index >= 15 is 0 Å². The Bertz CT molecular complexity index is 596. The summed E-state index contributed by atoms with van der Waals surface area (Å²) in [5.41, 5.74) is -1.06. The van der Waals surface area contributed by atoms with E-state index in [0.29, 0.717) is 25.2 Å². The molecule has 4 atom stereocenters. The summed E-state index contributed by atoms with van der Waals surface area (Å²) in [5.74, 6) is 0.155. The van der Waals surface area contributed by atoms with Crippen molar-refractivity contribution in [3.05, 3.63) is 0 Å². The van der Waals surface area contributed by atoms with Gasteiger partial charge in [0, 0.05) is 5.41 Å². The molecule has 2 bridgehead atoms. The lowest BCUT2D eigenvalue weighted by atomic mass is 9.70. The molecule has 1 N–H and O–H groups in total. The van der Waals surface area contributed by atoms with Gasteiger partial charge in [-0.25, -0.2) is 0 Å². The van der Waals surface area contributed by atoms with Crippen LogP contribution in [0.5, 0.6) is 0 Å². The molecule has 5 heteroatoms. The largest absolute Gasteiger partial charge is 0.463 e. The van der Waals surface area contributed by atoms with Crippen LogP contribution in [0.4, 0.5) is 0 Å². The summed E-state index contributed by atoms with van der Waals surface area (Å²) in [6.45, 7) is 14.4. The Morgan fingerprint density at radius 3 is 2.21 bits per heavy atom. The lowest BCUT2D eigenvalue weighted by Crippen LogP contribution is -2.41. The van der Waals surface area contributed by atoms with E-state index in [0.717, 1.165) is 12.8 Å². The topological polar surface area (TPSA) is 72.8 Å². The molecule has 0 aromatic carbocycles. The van der Waals surface area contributed by atoms with Crippen LogP contribution in [0, 0.1) is 27.6 Å². The van der Waals surface area contributed by atoms with Gasteiger partial charge in [-0.05, 0) is 70.6 Å². The van der Waals surface area contributed by atoms with Crippen molar-refractivity contribution in [3.8, 4) is 0 Å². The van der Waals surface area contributed by atoms with Crippen LogP contribution in [-0.4, -0.2) is 36.4 Å².